The lowest BCUT2D eigenvalue weighted by atomic mass is 9.38. The number of ether oxygens (including phenoxy) is 2. The average molecular weight is 450 g/mol. The van der Waals surface area contributed by atoms with E-state index >= 15 is 0 Å². The van der Waals surface area contributed by atoms with E-state index in [1.54, 1.807) is 24.3 Å². The molecule has 0 aliphatic heterocycles. The molecule has 0 saturated heterocycles. The molecule has 2 bridgehead atoms. The van der Waals surface area contributed by atoms with Crippen LogP contribution >= 0.6 is 11.6 Å². The molecule has 3 aliphatic rings. The number of carbonyl (C=O) groups is 2. The van der Waals surface area contributed by atoms with Gasteiger partial charge in [0.1, 0.15) is 17.3 Å². The Morgan fingerprint density at radius 1 is 1.16 bits per heavy atom. The number of hydrogen-bond acceptors (Lipinski definition) is 4. The number of halogens is 3. The summed E-state index contributed by atoms with van der Waals surface area (Å²) < 4.78 is 36.8. The second-order valence-electron chi connectivity index (χ2n) is 8.51. The fourth-order valence-electron chi connectivity index (χ4n) is 4.74. The van der Waals surface area contributed by atoms with Crippen molar-refractivity contribution in [3.05, 3.63) is 58.9 Å². The minimum Gasteiger partial charge on any atom is -0.484 e. The minimum atomic E-state index is -1.45. The van der Waals surface area contributed by atoms with Gasteiger partial charge in [0.25, 0.3) is 5.91 Å². The molecule has 1 amide bonds. The highest BCUT2D eigenvalue weighted by molar-refractivity contribution is 6.30. The Kier molecular flexibility index (Phi) is 5.64. The van der Waals surface area contributed by atoms with Crippen molar-refractivity contribution in [2.75, 3.05) is 6.61 Å². The lowest BCUT2D eigenvalue weighted by Gasteiger charge is -2.70. The van der Waals surface area contributed by atoms with Crippen LogP contribution in [0.5, 0.6) is 11.5 Å². The van der Waals surface area contributed by atoms with E-state index in [-0.39, 0.29) is 40.0 Å². The molecule has 2 aromatic rings. The van der Waals surface area contributed by atoms with Crippen LogP contribution < -0.4 is 14.8 Å². The van der Waals surface area contributed by atoms with Crippen LogP contribution in [-0.4, -0.2) is 30.2 Å². The Labute approximate surface area is 183 Å². The highest BCUT2D eigenvalue weighted by Crippen LogP contribution is 2.69. The third-order valence-corrected chi connectivity index (χ3v) is 6.10. The third kappa shape index (κ3) is 4.66. The van der Waals surface area contributed by atoms with Gasteiger partial charge in [-0.25, -0.2) is 8.78 Å². The molecule has 0 aromatic heterocycles. The van der Waals surface area contributed by atoms with Gasteiger partial charge in [0.05, 0.1) is 5.02 Å². The summed E-state index contributed by atoms with van der Waals surface area (Å²) in [5.41, 5.74) is 0.0968. The van der Waals surface area contributed by atoms with Gasteiger partial charge in [0.15, 0.2) is 12.4 Å². The maximum atomic E-state index is 13.4. The van der Waals surface area contributed by atoms with Crippen LogP contribution in [0.3, 0.4) is 0 Å². The van der Waals surface area contributed by atoms with Gasteiger partial charge < -0.3 is 14.8 Å². The van der Waals surface area contributed by atoms with E-state index in [2.05, 4.69) is 5.32 Å². The van der Waals surface area contributed by atoms with E-state index in [1.807, 2.05) is 0 Å². The van der Waals surface area contributed by atoms with Crippen LogP contribution in [0.2, 0.25) is 5.02 Å². The van der Waals surface area contributed by atoms with Gasteiger partial charge in [-0.1, -0.05) is 23.7 Å². The van der Waals surface area contributed by atoms with Crippen LogP contribution in [-0.2, 0) is 4.79 Å². The monoisotopic (exact) mass is 449 g/mol. The molecule has 3 fully saturated rings. The Hall–Kier alpha value is -2.67. The Morgan fingerprint density at radius 2 is 1.90 bits per heavy atom. The third-order valence-electron chi connectivity index (χ3n) is 5.80. The summed E-state index contributed by atoms with van der Waals surface area (Å²) >= 11 is 5.62. The van der Waals surface area contributed by atoms with E-state index in [9.17, 15) is 18.4 Å². The fraction of sp³-hybridized carbons (Fsp3) is 0.391. The second kappa shape index (κ2) is 8.11. The minimum absolute atomic E-state index is 0.0123. The summed E-state index contributed by atoms with van der Waals surface area (Å²) in [6.07, 6.45) is 1.11. The summed E-state index contributed by atoms with van der Waals surface area (Å²) in [5, 5.41) is 2.95. The SMILES string of the molecule is CC(F)Oc1cccc(C(=O)CC23CC(NC(=O)COc4ccc(Cl)c(F)c4)(C2)C3)c1. The van der Waals surface area contributed by atoms with E-state index in [0.717, 1.165) is 25.3 Å². The van der Waals surface area contributed by atoms with E-state index in [1.165, 1.54) is 19.1 Å². The number of ketones is 1. The van der Waals surface area contributed by atoms with Gasteiger partial charge in [-0.15, -0.1) is 0 Å². The number of amides is 1. The zero-order valence-corrected chi connectivity index (χ0v) is 17.7. The van der Waals surface area contributed by atoms with E-state index < -0.39 is 12.2 Å². The normalized spacial score (nSPS) is 24.4. The highest BCUT2D eigenvalue weighted by atomic mass is 35.5. The maximum Gasteiger partial charge on any atom is 0.258 e. The van der Waals surface area contributed by atoms with Crippen molar-refractivity contribution in [3.8, 4) is 11.5 Å². The zero-order valence-electron chi connectivity index (χ0n) is 16.9. The second-order valence-corrected chi connectivity index (χ2v) is 8.92. The molecule has 1 N–H and O–H groups in total. The summed E-state index contributed by atoms with van der Waals surface area (Å²) in [6, 6.07) is 10.5. The number of alkyl halides is 1. The summed E-state index contributed by atoms with van der Waals surface area (Å²) in [6.45, 7) is 1.05. The molecule has 8 heteroatoms. The lowest BCUT2D eigenvalue weighted by Crippen LogP contribution is -2.75. The maximum absolute atomic E-state index is 13.4. The van der Waals surface area contributed by atoms with Gasteiger partial charge >= 0.3 is 0 Å². The van der Waals surface area contributed by atoms with E-state index in [0.29, 0.717) is 17.7 Å². The van der Waals surface area contributed by atoms with Gasteiger partial charge in [0, 0.05) is 30.5 Å². The lowest BCUT2D eigenvalue weighted by molar-refractivity contribution is -0.164. The molecule has 2 aromatic carbocycles. The number of nitrogens with one attached hydrogen (secondary N) is 1. The first kappa shape index (κ1) is 21.6. The van der Waals surface area contributed by atoms with Crippen molar-refractivity contribution in [1.29, 1.82) is 0 Å². The topological polar surface area (TPSA) is 64.6 Å². The van der Waals surface area contributed by atoms with Gasteiger partial charge in [-0.05, 0) is 48.9 Å². The van der Waals surface area contributed by atoms with Crippen LogP contribution in [0, 0.1) is 11.2 Å². The molecule has 1 atom stereocenters. The molecule has 5 nitrogen and oxygen atoms in total. The van der Waals surface area contributed by atoms with Crippen LogP contribution in [0.1, 0.15) is 43.0 Å². The van der Waals surface area contributed by atoms with E-state index in [4.69, 9.17) is 21.1 Å². The molecule has 1 unspecified atom stereocenters. The first-order valence-corrected chi connectivity index (χ1v) is 10.4. The first-order valence-electron chi connectivity index (χ1n) is 10.0. The Morgan fingerprint density at radius 3 is 2.58 bits per heavy atom. The zero-order chi connectivity index (χ0) is 22.2. The highest BCUT2D eigenvalue weighted by Gasteiger charge is 2.68. The predicted molar refractivity (Wildman–Crippen MR) is 111 cm³/mol. The van der Waals surface area contributed by atoms with Gasteiger partial charge in [-0.3, -0.25) is 9.59 Å². The van der Waals surface area contributed by atoms with Gasteiger partial charge in [-0.2, -0.15) is 0 Å². The van der Waals surface area contributed by atoms with Crippen LogP contribution in [0.15, 0.2) is 42.5 Å². The van der Waals surface area contributed by atoms with Crippen molar-refractivity contribution < 1.29 is 27.8 Å². The Balaban J connectivity index is 1.24. The predicted octanol–water partition coefficient (Wildman–Crippen LogP) is 4.86. The summed E-state index contributed by atoms with van der Waals surface area (Å²) in [5.74, 6) is -0.375. The smallest absolute Gasteiger partial charge is 0.258 e. The van der Waals surface area contributed by atoms with Crippen LogP contribution in [0.4, 0.5) is 8.78 Å². The quantitative estimate of drug-likeness (QED) is 0.555. The first-order chi connectivity index (χ1) is 14.7. The average Bonchev–Trinajstić information content (AvgIpc) is 2.66. The Bertz CT molecular complexity index is 1010. The number of rotatable bonds is 9. The summed E-state index contributed by atoms with van der Waals surface area (Å²) in [4.78, 5) is 24.9. The molecule has 5 rings (SSSR count). The molecule has 31 heavy (non-hydrogen) atoms. The molecule has 3 saturated carbocycles. The molecule has 0 radical (unpaired) electrons. The van der Waals surface area contributed by atoms with Gasteiger partial charge in [0.2, 0.25) is 6.36 Å². The van der Waals surface area contributed by atoms with Crippen LogP contribution in [0.25, 0.3) is 0 Å². The van der Waals surface area contributed by atoms with Crippen molar-refractivity contribution in [3.63, 3.8) is 0 Å². The molecule has 164 valence electrons. The number of hydrogen-bond donors (Lipinski definition) is 1. The van der Waals surface area contributed by atoms with Crippen molar-refractivity contribution in [2.45, 2.75) is 44.5 Å². The molecule has 0 spiro atoms. The molecular formula is C23H22ClF2NO4. The number of Topliss-reactive ketones (excluding diaryl/α,β-unsaturated/α-hetero) is 1. The van der Waals surface area contributed by atoms with Crippen molar-refractivity contribution in [2.24, 2.45) is 5.41 Å². The number of carbonyl (C=O) groups excluding carboxylic acids is 2. The number of benzene rings is 2. The standard InChI is InChI=1S/C23H22ClF2NO4/c1-14(25)31-17-4-2-3-15(7-17)20(28)9-22-11-23(12-22,13-22)27-21(29)10-30-16-5-6-18(24)19(26)8-16/h2-8,14H,9-13H2,1H3,(H,27,29). The van der Waals surface area contributed by atoms with Crippen molar-refractivity contribution in [1.82, 2.24) is 5.32 Å². The summed E-state index contributed by atoms with van der Waals surface area (Å²) in [7, 11) is 0. The molecule has 3 aliphatic carbocycles. The largest absolute Gasteiger partial charge is 0.484 e. The molecular weight excluding hydrogens is 428 g/mol. The molecule has 0 heterocycles. The van der Waals surface area contributed by atoms with Crippen molar-refractivity contribution >= 4 is 23.3 Å². The fourth-order valence-corrected chi connectivity index (χ4v) is 4.86.